The van der Waals surface area contributed by atoms with E-state index in [-0.39, 0.29) is 29.0 Å². The minimum Gasteiger partial charge on any atom is -0.494 e. The van der Waals surface area contributed by atoms with E-state index >= 15 is 0 Å². The first-order valence-electron chi connectivity index (χ1n) is 9.87. The Balaban J connectivity index is 1.84. The van der Waals surface area contributed by atoms with Gasteiger partial charge in [0.1, 0.15) is 5.56 Å². The number of H-pyrrole nitrogens is 1. The highest BCUT2D eigenvalue weighted by atomic mass is 16.3. The molecule has 1 aromatic carbocycles. The second kappa shape index (κ2) is 7.99. The van der Waals surface area contributed by atoms with Gasteiger partial charge in [0.15, 0.2) is 0 Å². The number of aromatic amines is 1. The van der Waals surface area contributed by atoms with Gasteiger partial charge in [-0.25, -0.2) is 4.79 Å². The maximum Gasteiger partial charge on any atom is 0.331 e. The molecule has 2 aromatic rings. The highest BCUT2D eigenvalue weighted by Gasteiger charge is 2.40. The lowest BCUT2D eigenvalue weighted by molar-refractivity contribution is -0.00472. The first kappa shape index (κ1) is 21.0. The van der Waals surface area contributed by atoms with Crippen LogP contribution in [0, 0.1) is 10.8 Å². The number of aromatic nitrogens is 2. The van der Waals surface area contributed by atoms with E-state index in [4.69, 9.17) is 0 Å². The average Bonchev–Trinajstić information content (AvgIpc) is 2.60. The molecule has 3 rings (SSSR count). The second-order valence-electron chi connectivity index (χ2n) is 9.25. The molecule has 7 heteroatoms. The van der Waals surface area contributed by atoms with E-state index in [9.17, 15) is 19.8 Å². The van der Waals surface area contributed by atoms with Crippen molar-refractivity contribution in [2.75, 3.05) is 6.54 Å². The molecular weight excluding hydrogens is 370 g/mol. The van der Waals surface area contributed by atoms with Gasteiger partial charge in [-0.3, -0.25) is 19.3 Å². The van der Waals surface area contributed by atoms with Crippen LogP contribution in [0.3, 0.4) is 0 Å². The Labute approximate surface area is 169 Å². The zero-order valence-electron chi connectivity index (χ0n) is 17.2. The molecule has 0 saturated heterocycles. The highest BCUT2D eigenvalue weighted by Crippen LogP contribution is 2.46. The normalized spacial score (nSPS) is 24.1. The monoisotopic (exact) mass is 399 g/mol. The molecule has 29 heavy (non-hydrogen) atoms. The van der Waals surface area contributed by atoms with Crippen LogP contribution in [-0.4, -0.2) is 38.6 Å². The number of nitrogens with one attached hydrogen (secondary N) is 1. The second-order valence-corrected chi connectivity index (χ2v) is 9.25. The molecule has 1 fully saturated rings. The van der Waals surface area contributed by atoms with Crippen molar-refractivity contribution in [3.05, 3.63) is 62.3 Å². The van der Waals surface area contributed by atoms with Crippen LogP contribution >= 0.6 is 0 Å². The number of nitrogens with zero attached hydrogens (tertiary/aromatic N) is 2. The van der Waals surface area contributed by atoms with E-state index in [1.54, 1.807) is 0 Å². The fraction of sp³-hybridized carbons (Fsp3) is 0.500. The van der Waals surface area contributed by atoms with Gasteiger partial charge in [-0.1, -0.05) is 51.1 Å². The molecule has 0 spiro atoms. The Kier molecular flexibility index (Phi) is 5.80. The van der Waals surface area contributed by atoms with Crippen molar-refractivity contribution in [1.82, 2.24) is 9.55 Å². The molecule has 1 aliphatic rings. The molecule has 1 aliphatic carbocycles. The van der Waals surface area contributed by atoms with Crippen molar-refractivity contribution in [2.24, 2.45) is 15.8 Å². The van der Waals surface area contributed by atoms with Gasteiger partial charge in [0.25, 0.3) is 5.56 Å². The van der Waals surface area contributed by atoms with Crippen molar-refractivity contribution >= 4 is 6.21 Å². The third-order valence-electron chi connectivity index (χ3n) is 5.51. The minimum atomic E-state index is -0.672. The number of aliphatic hydroxyl groups is 1. The molecule has 1 heterocycles. The van der Waals surface area contributed by atoms with Crippen LogP contribution in [0.15, 0.2) is 44.9 Å². The predicted molar refractivity (Wildman–Crippen MR) is 113 cm³/mol. The van der Waals surface area contributed by atoms with Crippen molar-refractivity contribution in [3.63, 3.8) is 0 Å². The van der Waals surface area contributed by atoms with E-state index in [1.165, 1.54) is 6.21 Å². The first-order valence-corrected chi connectivity index (χ1v) is 9.87. The van der Waals surface area contributed by atoms with Crippen molar-refractivity contribution < 1.29 is 10.2 Å². The number of aromatic hydroxyl groups is 1. The van der Waals surface area contributed by atoms with Crippen LogP contribution in [0.4, 0.5) is 0 Å². The molecule has 1 saturated carbocycles. The zero-order valence-corrected chi connectivity index (χ0v) is 17.2. The number of aliphatic imine (C=N–C) groups is 1. The Hall–Kier alpha value is -2.67. The fourth-order valence-corrected chi connectivity index (χ4v) is 4.66. The van der Waals surface area contributed by atoms with Crippen LogP contribution in [0.1, 0.15) is 51.2 Å². The zero-order chi connectivity index (χ0) is 21.2. The summed E-state index contributed by atoms with van der Waals surface area (Å²) in [5, 5.41) is 20.8. The number of hydrogen-bond donors (Lipinski definition) is 3. The standard InChI is InChI=1S/C22H29N3O4/c1-21(2)9-16(26)10-22(3,13-21)14-23-11-17-18(27)24-20(29)25(19(17)28)12-15-7-5-4-6-8-15/h4-8,11,16,26,28H,9-10,12-14H2,1-3H3,(H,24,27,29). The Morgan fingerprint density at radius 2 is 1.90 bits per heavy atom. The summed E-state index contributed by atoms with van der Waals surface area (Å²) in [6.07, 6.45) is 3.27. The lowest BCUT2D eigenvalue weighted by Crippen LogP contribution is -2.40. The van der Waals surface area contributed by atoms with E-state index in [2.05, 4.69) is 30.7 Å². The van der Waals surface area contributed by atoms with Gasteiger partial charge in [-0.15, -0.1) is 0 Å². The van der Waals surface area contributed by atoms with Gasteiger partial charge < -0.3 is 10.2 Å². The fourth-order valence-electron chi connectivity index (χ4n) is 4.66. The molecule has 2 atom stereocenters. The van der Waals surface area contributed by atoms with E-state index in [1.807, 2.05) is 30.3 Å². The third-order valence-corrected chi connectivity index (χ3v) is 5.51. The van der Waals surface area contributed by atoms with Gasteiger partial charge in [-0.2, -0.15) is 0 Å². The Morgan fingerprint density at radius 3 is 2.55 bits per heavy atom. The molecular formula is C22H29N3O4. The number of benzene rings is 1. The summed E-state index contributed by atoms with van der Waals surface area (Å²) < 4.78 is 1.12. The molecule has 0 amide bonds. The Morgan fingerprint density at radius 1 is 1.21 bits per heavy atom. The highest BCUT2D eigenvalue weighted by molar-refractivity contribution is 5.81. The van der Waals surface area contributed by atoms with Crippen LogP contribution < -0.4 is 11.2 Å². The summed E-state index contributed by atoms with van der Waals surface area (Å²) in [5.74, 6) is -0.402. The van der Waals surface area contributed by atoms with E-state index < -0.39 is 17.1 Å². The SMILES string of the molecule is CC1(C)CC(O)CC(C)(CN=Cc2c(O)n(Cc3ccccc3)c(=O)[nH]c2=O)C1. The summed E-state index contributed by atoms with van der Waals surface area (Å²) in [6.45, 7) is 6.90. The summed E-state index contributed by atoms with van der Waals surface area (Å²) >= 11 is 0. The lowest BCUT2D eigenvalue weighted by atomic mass is 9.63. The molecule has 7 nitrogen and oxygen atoms in total. The predicted octanol–water partition coefficient (Wildman–Crippen LogP) is 2.29. The van der Waals surface area contributed by atoms with Crippen LogP contribution in [0.2, 0.25) is 0 Å². The minimum absolute atomic E-state index is 0.0183. The Bertz CT molecular complexity index is 1010. The van der Waals surface area contributed by atoms with Crippen LogP contribution in [-0.2, 0) is 6.54 Å². The summed E-state index contributed by atoms with van der Waals surface area (Å²) in [7, 11) is 0. The van der Waals surface area contributed by atoms with Crippen LogP contribution in [0.5, 0.6) is 5.88 Å². The number of aliphatic hydroxyl groups excluding tert-OH is 1. The van der Waals surface area contributed by atoms with Crippen molar-refractivity contribution in [3.8, 4) is 5.88 Å². The van der Waals surface area contributed by atoms with Gasteiger partial charge in [0, 0.05) is 12.8 Å². The average molecular weight is 399 g/mol. The molecule has 156 valence electrons. The maximum absolute atomic E-state index is 12.2. The van der Waals surface area contributed by atoms with Gasteiger partial charge >= 0.3 is 5.69 Å². The van der Waals surface area contributed by atoms with Crippen molar-refractivity contribution in [1.29, 1.82) is 0 Å². The van der Waals surface area contributed by atoms with Gasteiger partial charge in [-0.05, 0) is 35.7 Å². The van der Waals surface area contributed by atoms with Gasteiger partial charge in [0.05, 0.1) is 12.6 Å². The van der Waals surface area contributed by atoms with Gasteiger partial charge in [0.2, 0.25) is 5.88 Å². The van der Waals surface area contributed by atoms with Crippen LogP contribution in [0.25, 0.3) is 0 Å². The topological polar surface area (TPSA) is 108 Å². The molecule has 1 aromatic heterocycles. The summed E-state index contributed by atoms with van der Waals surface area (Å²) in [5.41, 5.74) is -0.735. The van der Waals surface area contributed by atoms with E-state index in [0.29, 0.717) is 13.0 Å². The molecule has 0 radical (unpaired) electrons. The summed E-state index contributed by atoms with van der Waals surface area (Å²) in [6, 6.07) is 9.21. The maximum atomic E-state index is 12.2. The molecule has 0 bridgehead atoms. The largest absolute Gasteiger partial charge is 0.494 e. The lowest BCUT2D eigenvalue weighted by Gasteiger charge is -2.44. The molecule has 2 unspecified atom stereocenters. The third kappa shape index (κ3) is 5.03. The smallest absolute Gasteiger partial charge is 0.331 e. The molecule has 3 N–H and O–H groups in total. The summed E-state index contributed by atoms with van der Waals surface area (Å²) in [4.78, 5) is 31.0. The first-order chi connectivity index (χ1) is 13.6. The number of rotatable bonds is 5. The van der Waals surface area contributed by atoms with Crippen molar-refractivity contribution in [2.45, 2.75) is 52.7 Å². The number of hydrogen-bond acceptors (Lipinski definition) is 5. The molecule has 0 aliphatic heterocycles. The quantitative estimate of drug-likeness (QED) is 0.671. The van der Waals surface area contributed by atoms with E-state index in [0.717, 1.165) is 23.0 Å².